The van der Waals surface area contributed by atoms with Crippen molar-refractivity contribution in [1.82, 2.24) is 9.71 Å². The average molecular weight is 345 g/mol. The zero-order valence-corrected chi connectivity index (χ0v) is 14.3. The third kappa shape index (κ3) is 5.55. The van der Waals surface area contributed by atoms with Gasteiger partial charge in [0.25, 0.3) is 0 Å². The highest BCUT2D eigenvalue weighted by Gasteiger charge is 2.24. The van der Waals surface area contributed by atoms with Crippen LogP contribution in [0.1, 0.15) is 45.9 Å². The first-order chi connectivity index (χ1) is 8.70. The highest BCUT2D eigenvalue weighted by molar-refractivity contribution is 9.10. The number of aromatic nitrogens is 1. The van der Waals surface area contributed by atoms with Crippen LogP contribution >= 0.6 is 15.9 Å². The first kappa shape index (κ1) is 16.5. The maximum absolute atomic E-state index is 12.2. The number of hydrogen-bond donors (Lipinski definition) is 1. The zero-order valence-electron chi connectivity index (χ0n) is 11.9. The Morgan fingerprint density at radius 3 is 2.63 bits per heavy atom. The summed E-state index contributed by atoms with van der Waals surface area (Å²) >= 11 is 3.37. The van der Waals surface area contributed by atoms with E-state index in [-0.39, 0.29) is 10.8 Å². The van der Waals surface area contributed by atoms with E-state index >= 15 is 0 Å². The van der Waals surface area contributed by atoms with E-state index in [0.29, 0.717) is 6.42 Å². The minimum absolute atomic E-state index is 0.0879. The fourth-order valence-electron chi connectivity index (χ4n) is 1.48. The molecule has 0 spiro atoms. The van der Waals surface area contributed by atoms with Crippen molar-refractivity contribution in [2.75, 3.05) is 0 Å². The molecule has 1 aromatic heterocycles. The second kappa shape index (κ2) is 6.77. The first-order valence-corrected chi connectivity index (χ1v) is 8.09. The predicted molar refractivity (Wildman–Crippen MR) is 85.1 cm³/mol. The van der Waals surface area contributed by atoms with Crippen molar-refractivity contribution >= 4 is 26.9 Å². The predicted octanol–water partition coefficient (Wildman–Crippen LogP) is 3.90. The highest BCUT2D eigenvalue weighted by atomic mass is 79.9. The Kier molecular flexibility index (Phi) is 5.89. The van der Waals surface area contributed by atoms with E-state index in [0.717, 1.165) is 15.9 Å². The molecule has 0 amide bonds. The molecular weight excluding hydrogens is 324 g/mol. The van der Waals surface area contributed by atoms with Gasteiger partial charge in [-0.25, -0.2) is 13.9 Å². The van der Waals surface area contributed by atoms with Crippen LogP contribution in [0.5, 0.6) is 0 Å². The molecule has 1 rings (SSSR count). The van der Waals surface area contributed by atoms with Gasteiger partial charge in [-0.15, -0.1) is 6.58 Å². The Bertz CT molecular complexity index is 483. The molecule has 0 aliphatic heterocycles. The van der Waals surface area contributed by atoms with Crippen LogP contribution in [0, 0.1) is 0 Å². The van der Waals surface area contributed by atoms with Crippen molar-refractivity contribution in [3.63, 3.8) is 0 Å². The fourth-order valence-corrected chi connectivity index (χ4v) is 2.65. The zero-order chi connectivity index (χ0) is 14.6. The van der Waals surface area contributed by atoms with Crippen molar-refractivity contribution < 1.29 is 4.21 Å². The lowest BCUT2D eigenvalue weighted by atomic mass is 10.1. The molecule has 3 nitrogen and oxygen atoms in total. The Hall–Kier alpha value is -0.520. The molecule has 0 fully saturated rings. The fraction of sp³-hybridized carbons (Fsp3) is 0.500. The summed E-state index contributed by atoms with van der Waals surface area (Å²) in [6, 6.07) is 5.65. The van der Waals surface area contributed by atoms with Crippen LogP contribution in [-0.2, 0) is 11.0 Å². The van der Waals surface area contributed by atoms with Crippen LogP contribution in [0.3, 0.4) is 0 Å². The van der Waals surface area contributed by atoms with E-state index in [9.17, 15) is 4.21 Å². The third-order valence-corrected chi connectivity index (χ3v) is 4.50. The van der Waals surface area contributed by atoms with Gasteiger partial charge in [0.15, 0.2) is 0 Å². The maximum atomic E-state index is 12.2. The van der Waals surface area contributed by atoms with Crippen molar-refractivity contribution in [3.05, 3.63) is 40.6 Å². The van der Waals surface area contributed by atoms with Gasteiger partial charge >= 0.3 is 0 Å². The topological polar surface area (TPSA) is 42.0 Å². The molecule has 0 bridgehead atoms. The molecule has 106 valence electrons. The molecule has 0 saturated heterocycles. The number of nitrogens with zero attached hydrogens (tertiary/aromatic N) is 1. The number of pyridine rings is 1. The van der Waals surface area contributed by atoms with Crippen LogP contribution in [0.15, 0.2) is 35.0 Å². The van der Waals surface area contributed by atoms with Crippen LogP contribution in [-0.4, -0.2) is 13.9 Å². The Labute approximate surface area is 126 Å². The van der Waals surface area contributed by atoms with Crippen LogP contribution in [0.4, 0.5) is 0 Å². The summed E-state index contributed by atoms with van der Waals surface area (Å²) in [5.41, 5.74) is 1.90. The van der Waals surface area contributed by atoms with Gasteiger partial charge < -0.3 is 0 Å². The second-order valence-corrected chi connectivity index (χ2v) is 8.41. The van der Waals surface area contributed by atoms with E-state index in [1.54, 1.807) is 0 Å². The summed E-state index contributed by atoms with van der Waals surface area (Å²) in [5, 5.41) is 0. The molecule has 0 aromatic carbocycles. The number of rotatable bonds is 5. The van der Waals surface area contributed by atoms with Gasteiger partial charge in [0.2, 0.25) is 0 Å². The largest absolute Gasteiger partial charge is 0.244 e. The van der Waals surface area contributed by atoms with Gasteiger partial charge in [0.05, 0.1) is 27.5 Å². The molecule has 1 N–H and O–H groups in total. The molecule has 1 heterocycles. The van der Waals surface area contributed by atoms with Crippen LogP contribution in [0.25, 0.3) is 0 Å². The Morgan fingerprint density at radius 2 is 2.16 bits per heavy atom. The average Bonchev–Trinajstić information content (AvgIpc) is 2.26. The molecule has 0 saturated carbocycles. The van der Waals surface area contributed by atoms with Gasteiger partial charge in [-0.1, -0.05) is 11.6 Å². The van der Waals surface area contributed by atoms with Crippen molar-refractivity contribution in [2.45, 2.75) is 44.9 Å². The normalized spacial score (nSPS) is 15.0. The number of hydrogen-bond acceptors (Lipinski definition) is 2. The van der Waals surface area contributed by atoms with Crippen molar-refractivity contribution in [2.24, 2.45) is 0 Å². The van der Waals surface area contributed by atoms with Gasteiger partial charge in [-0.3, -0.25) is 0 Å². The Balaban J connectivity index is 2.96. The van der Waals surface area contributed by atoms with Crippen molar-refractivity contribution in [1.29, 1.82) is 0 Å². The summed E-state index contributed by atoms with van der Waals surface area (Å²) in [4.78, 5) is 4.44. The number of halogens is 1. The summed E-state index contributed by atoms with van der Waals surface area (Å²) in [7, 11) is -1.14. The first-order valence-electron chi connectivity index (χ1n) is 6.15. The summed E-state index contributed by atoms with van der Waals surface area (Å²) in [6.07, 6.45) is 0.714. The van der Waals surface area contributed by atoms with Crippen LogP contribution < -0.4 is 4.72 Å². The van der Waals surface area contributed by atoms with Gasteiger partial charge in [0.1, 0.15) is 4.60 Å². The maximum Gasteiger partial charge on any atom is 0.106 e. The van der Waals surface area contributed by atoms with Gasteiger partial charge in [0, 0.05) is 0 Å². The van der Waals surface area contributed by atoms with E-state index in [1.165, 1.54) is 0 Å². The molecular formula is C14H21BrN2OS. The Morgan fingerprint density at radius 1 is 1.53 bits per heavy atom. The molecule has 0 aliphatic rings. The summed E-state index contributed by atoms with van der Waals surface area (Å²) in [5.74, 6) is 0. The minimum atomic E-state index is -1.14. The van der Waals surface area contributed by atoms with E-state index < -0.39 is 11.0 Å². The second-order valence-electron chi connectivity index (χ2n) is 5.60. The van der Waals surface area contributed by atoms with Gasteiger partial charge in [-0.05, 0) is 62.2 Å². The van der Waals surface area contributed by atoms with Gasteiger partial charge in [-0.2, -0.15) is 0 Å². The molecule has 5 heteroatoms. The molecule has 0 unspecified atom stereocenters. The molecule has 1 aromatic rings. The van der Waals surface area contributed by atoms with E-state index in [2.05, 4.69) is 32.2 Å². The number of nitrogens with one attached hydrogen (secondary N) is 1. The smallest absolute Gasteiger partial charge is 0.106 e. The lowest BCUT2D eigenvalue weighted by molar-refractivity contribution is 0.587. The SMILES string of the molecule is C=C(C)C[C@H](N[S@@](=O)C(C)(C)C)c1cccc(Br)n1. The third-order valence-electron chi connectivity index (χ3n) is 2.45. The summed E-state index contributed by atoms with van der Waals surface area (Å²) < 4.78 is 15.9. The molecule has 2 atom stereocenters. The monoisotopic (exact) mass is 344 g/mol. The quantitative estimate of drug-likeness (QED) is 0.650. The molecule has 0 radical (unpaired) electrons. The summed E-state index contributed by atoms with van der Waals surface area (Å²) in [6.45, 7) is 11.7. The standard InChI is InChI=1S/C14H21BrN2OS/c1-10(2)9-12(17-19(18)14(3,4)5)11-7-6-8-13(15)16-11/h6-8,12,17H,1,9H2,2-5H3/t12-,19-/m0/s1. The lowest BCUT2D eigenvalue weighted by Crippen LogP contribution is -2.36. The molecule has 0 aliphatic carbocycles. The molecule has 19 heavy (non-hydrogen) atoms. The minimum Gasteiger partial charge on any atom is -0.244 e. The lowest BCUT2D eigenvalue weighted by Gasteiger charge is -2.24. The van der Waals surface area contributed by atoms with E-state index in [1.807, 2.05) is 45.9 Å². The van der Waals surface area contributed by atoms with E-state index in [4.69, 9.17) is 0 Å². The van der Waals surface area contributed by atoms with Crippen LogP contribution in [0.2, 0.25) is 0 Å². The highest BCUT2D eigenvalue weighted by Crippen LogP contribution is 2.23. The van der Waals surface area contributed by atoms with Crippen molar-refractivity contribution in [3.8, 4) is 0 Å².